The summed E-state index contributed by atoms with van der Waals surface area (Å²) >= 11 is 3.38. The van der Waals surface area contributed by atoms with Crippen LogP contribution in [0.2, 0.25) is 0 Å². The highest BCUT2D eigenvalue weighted by molar-refractivity contribution is 9.10. The predicted molar refractivity (Wildman–Crippen MR) is 327 cm³/mol. The van der Waals surface area contributed by atoms with Crippen molar-refractivity contribution in [3.05, 3.63) is 238 Å². The van der Waals surface area contributed by atoms with Crippen LogP contribution in [0.15, 0.2) is 222 Å². The minimum atomic E-state index is -0.973. The third kappa shape index (κ3) is 13.4. The molecule has 0 amide bonds. The molecule has 422 valence electrons. The largest absolute Gasteiger partial charge is 0.478 e. The summed E-state index contributed by atoms with van der Waals surface area (Å²) in [4.78, 5) is 61.7. The Morgan fingerprint density at radius 2 is 0.812 bits per heavy atom. The fourth-order valence-corrected chi connectivity index (χ4v) is 9.18. The van der Waals surface area contributed by atoms with Crippen LogP contribution in [0.1, 0.15) is 79.8 Å². The lowest BCUT2D eigenvalue weighted by Gasteiger charge is -2.22. The molecule has 13 rings (SSSR count). The zero-order chi connectivity index (χ0) is 59.9. The van der Waals surface area contributed by atoms with E-state index in [1.165, 1.54) is 17.7 Å². The minimum absolute atomic E-state index is 0.0799. The number of hydrogen-bond acceptors (Lipinski definition) is 12. The van der Waals surface area contributed by atoms with Crippen LogP contribution >= 0.6 is 15.9 Å². The van der Waals surface area contributed by atoms with Crippen molar-refractivity contribution >= 4 is 84.2 Å². The van der Waals surface area contributed by atoms with E-state index < -0.39 is 23.9 Å². The first kappa shape index (κ1) is 57.5. The molecule has 0 aliphatic carbocycles. The fourth-order valence-electron chi connectivity index (χ4n) is 8.83. The SMILES string of the molecule is CCC(C)(C)c1ccc2oc(-c3cccc(C(=O)O)c3)nc2c1.Cc1ccc2oc(-c3cccc(C(=O)O)c3)nc2c1.O=C(O)c1ccc(-c2nc3cc(Br)ccc3o2)cc1.O=C(O)c1cccc(-c2nc3ccc(-c4ccccc4)cc3o2)c1. The molecule has 16 nitrogen and oxygen atoms in total. The Kier molecular flexibility index (Phi) is 16.7. The molecule has 4 heterocycles. The van der Waals surface area contributed by atoms with Crippen molar-refractivity contribution in [1.29, 1.82) is 0 Å². The van der Waals surface area contributed by atoms with Gasteiger partial charge in [0.05, 0.1) is 22.3 Å². The molecular formula is C68H51BrN4O12. The highest BCUT2D eigenvalue weighted by Crippen LogP contribution is 2.34. The first-order valence-corrected chi connectivity index (χ1v) is 27.3. The van der Waals surface area contributed by atoms with Crippen molar-refractivity contribution in [3.8, 4) is 56.9 Å². The maximum absolute atomic E-state index is 11.1. The quantitative estimate of drug-likeness (QED) is 0.0939. The first-order valence-electron chi connectivity index (χ1n) is 26.5. The van der Waals surface area contributed by atoms with E-state index in [-0.39, 0.29) is 27.7 Å². The molecule has 0 atom stereocenters. The minimum Gasteiger partial charge on any atom is -0.478 e. The highest BCUT2D eigenvalue weighted by atomic mass is 79.9. The molecule has 9 aromatic carbocycles. The molecule has 0 fully saturated rings. The molecule has 0 saturated carbocycles. The number of hydrogen-bond donors (Lipinski definition) is 4. The lowest BCUT2D eigenvalue weighted by atomic mass is 9.82. The Morgan fingerprint density at radius 1 is 0.388 bits per heavy atom. The third-order valence-corrected chi connectivity index (χ3v) is 14.4. The second-order valence-electron chi connectivity index (χ2n) is 20.2. The van der Waals surface area contributed by atoms with Crippen LogP contribution in [-0.2, 0) is 5.41 Å². The number of aryl methyl sites for hydroxylation is 1. The van der Waals surface area contributed by atoms with Crippen LogP contribution in [0.5, 0.6) is 0 Å². The van der Waals surface area contributed by atoms with Gasteiger partial charge in [0.2, 0.25) is 23.6 Å². The van der Waals surface area contributed by atoms with Crippen LogP contribution in [0.3, 0.4) is 0 Å². The molecule has 0 bridgehead atoms. The zero-order valence-corrected chi connectivity index (χ0v) is 47.6. The van der Waals surface area contributed by atoms with Gasteiger partial charge >= 0.3 is 23.9 Å². The van der Waals surface area contributed by atoms with Gasteiger partial charge in [-0.3, -0.25) is 0 Å². The molecule has 0 aliphatic rings. The number of rotatable bonds is 11. The molecule has 0 radical (unpaired) electrons. The molecule has 4 aromatic heterocycles. The van der Waals surface area contributed by atoms with Gasteiger partial charge in [0.1, 0.15) is 22.1 Å². The van der Waals surface area contributed by atoms with E-state index in [1.807, 2.05) is 104 Å². The summed E-state index contributed by atoms with van der Waals surface area (Å²) in [6.45, 7) is 8.55. The Labute approximate surface area is 493 Å². The first-order chi connectivity index (χ1) is 40.9. The van der Waals surface area contributed by atoms with Crippen molar-refractivity contribution in [2.24, 2.45) is 0 Å². The van der Waals surface area contributed by atoms with Crippen LogP contribution in [0.4, 0.5) is 0 Å². The van der Waals surface area contributed by atoms with Gasteiger partial charge < -0.3 is 38.1 Å². The second-order valence-corrected chi connectivity index (χ2v) is 21.1. The Bertz CT molecular complexity index is 4620. The topological polar surface area (TPSA) is 253 Å². The van der Waals surface area contributed by atoms with Crippen molar-refractivity contribution in [2.45, 2.75) is 39.5 Å². The Morgan fingerprint density at radius 3 is 1.32 bits per heavy atom. The summed E-state index contributed by atoms with van der Waals surface area (Å²) in [7, 11) is 0. The number of oxazole rings is 4. The van der Waals surface area contributed by atoms with E-state index in [0.717, 1.165) is 55.2 Å². The zero-order valence-electron chi connectivity index (χ0n) is 46.0. The van der Waals surface area contributed by atoms with Gasteiger partial charge in [-0.25, -0.2) is 39.1 Å². The number of benzene rings is 9. The monoisotopic (exact) mass is 1190 g/mol. The van der Waals surface area contributed by atoms with Gasteiger partial charge in [-0.1, -0.05) is 103 Å². The van der Waals surface area contributed by atoms with Crippen LogP contribution in [0, 0.1) is 6.92 Å². The Hall–Kier alpha value is -10.8. The number of nitrogens with zero attached hydrogens (tertiary/aromatic N) is 4. The van der Waals surface area contributed by atoms with E-state index in [0.29, 0.717) is 62.6 Å². The standard InChI is InChI=1S/C20H13NO3.C19H19NO3.C15H11NO3.C14H8BrNO3/c22-20(23)16-8-4-7-15(11-16)19-21-17-10-9-14(12-18(17)24-19)13-5-2-1-3-6-13;1-4-19(2,3)14-8-9-16-15(11-14)20-17(23-16)12-6-5-7-13(10-12)18(21)22;1-9-5-6-13-12(7-9)16-14(19-13)10-3-2-4-11(8-10)15(17)18;15-10-5-6-12-11(7-10)16-13(19-12)8-1-3-9(4-2-8)14(17)18/h1-12H,(H,22,23);5-11H,4H2,1-3H3,(H,21,22);2-8H,1H3,(H,17,18);1-7H,(H,17,18). The molecule has 0 saturated heterocycles. The number of aromatic carboxylic acids is 4. The summed E-state index contributed by atoms with van der Waals surface area (Å²) in [5, 5.41) is 36.0. The van der Waals surface area contributed by atoms with E-state index in [1.54, 1.807) is 84.9 Å². The number of carbonyl (C=O) groups is 4. The number of carboxylic acids is 4. The van der Waals surface area contributed by atoms with Crippen LogP contribution in [-0.4, -0.2) is 64.2 Å². The lowest BCUT2D eigenvalue weighted by molar-refractivity contribution is 0.0686. The third-order valence-electron chi connectivity index (χ3n) is 13.9. The predicted octanol–water partition coefficient (Wildman–Crippen LogP) is 17.2. The van der Waals surface area contributed by atoms with Crippen molar-refractivity contribution < 1.29 is 57.3 Å². The van der Waals surface area contributed by atoms with Gasteiger partial charge in [0, 0.05) is 26.7 Å². The summed E-state index contributed by atoms with van der Waals surface area (Å²) in [6, 6.07) is 59.4. The molecule has 0 aliphatic heterocycles. The van der Waals surface area contributed by atoms with E-state index in [9.17, 15) is 19.2 Å². The summed E-state index contributed by atoms with van der Waals surface area (Å²) in [6.07, 6.45) is 1.03. The summed E-state index contributed by atoms with van der Waals surface area (Å²) < 4.78 is 23.8. The smallest absolute Gasteiger partial charge is 0.335 e. The van der Waals surface area contributed by atoms with Crippen LogP contribution < -0.4 is 0 Å². The fraction of sp³-hybridized carbons (Fsp3) is 0.0882. The molecule has 0 unspecified atom stereocenters. The average Bonchev–Trinajstić information content (AvgIpc) is 4.50. The van der Waals surface area contributed by atoms with Gasteiger partial charge in [0.25, 0.3) is 0 Å². The second kappa shape index (κ2) is 24.7. The Balaban J connectivity index is 0.000000127. The van der Waals surface area contributed by atoms with E-state index in [4.69, 9.17) is 38.1 Å². The number of carboxylic acid groups (broad SMARTS) is 4. The van der Waals surface area contributed by atoms with Crippen molar-refractivity contribution in [1.82, 2.24) is 19.9 Å². The summed E-state index contributed by atoms with van der Waals surface area (Å²) in [5.74, 6) is -2.09. The maximum atomic E-state index is 11.1. The molecule has 17 heteroatoms. The molecule has 13 aromatic rings. The highest BCUT2D eigenvalue weighted by Gasteiger charge is 2.21. The summed E-state index contributed by atoms with van der Waals surface area (Å²) in [5.41, 5.74) is 14.0. The van der Waals surface area contributed by atoms with Gasteiger partial charge in [0.15, 0.2) is 22.3 Å². The number of halogens is 1. The van der Waals surface area contributed by atoms with E-state index in [2.05, 4.69) is 62.7 Å². The molecule has 4 N–H and O–H groups in total. The van der Waals surface area contributed by atoms with Gasteiger partial charge in [-0.2, -0.15) is 0 Å². The number of aromatic nitrogens is 4. The lowest BCUT2D eigenvalue weighted by Crippen LogP contribution is -2.14. The molecule has 0 spiro atoms. The van der Waals surface area contributed by atoms with Gasteiger partial charge in [-0.15, -0.1) is 0 Å². The van der Waals surface area contributed by atoms with Crippen molar-refractivity contribution in [2.75, 3.05) is 0 Å². The number of fused-ring (bicyclic) bond motifs is 4. The van der Waals surface area contributed by atoms with Crippen molar-refractivity contribution in [3.63, 3.8) is 0 Å². The molecular weight excluding hydrogens is 1140 g/mol. The molecule has 85 heavy (non-hydrogen) atoms. The average molecular weight is 1200 g/mol. The van der Waals surface area contributed by atoms with Gasteiger partial charge in [-0.05, 0) is 174 Å². The maximum Gasteiger partial charge on any atom is 0.335 e. The normalized spacial score (nSPS) is 11.1. The van der Waals surface area contributed by atoms with Crippen LogP contribution in [0.25, 0.3) is 101 Å². The van der Waals surface area contributed by atoms with E-state index >= 15 is 0 Å².